The Kier molecular flexibility index (Phi) is 4.83. The molecule has 0 saturated carbocycles. The first-order valence-electron chi connectivity index (χ1n) is 8.29. The number of fused-ring (bicyclic) bond motifs is 1. The molecule has 0 N–H and O–H groups in total. The average Bonchev–Trinajstić information content (AvgIpc) is 2.72. The van der Waals surface area contributed by atoms with Crippen molar-refractivity contribution >= 4 is 23.5 Å². The van der Waals surface area contributed by atoms with Crippen LogP contribution in [0.2, 0.25) is 0 Å². The van der Waals surface area contributed by atoms with E-state index in [2.05, 4.69) is 0 Å². The quantitative estimate of drug-likeness (QED) is 0.837. The van der Waals surface area contributed by atoms with Crippen molar-refractivity contribution in [2.24, 2.45) is 0 Å². The van der Waals surface area contributed by atoms with Gasteiger partial charge in [-0.05, 0) is 45.7 Å². The number of anilines is 1. The summed E-state index contributed by atoms with van der Waals surface area (Å²) in [4.78, 5) is 38.4. The van der Waals surface area contributed by atoms with Crippen LogP contribution >= 0.6 is 0 Å². The van der Waals surface area contributed by atoms with E-state index in [1.807, 2.05) is 19.1 Å². The van der Waals surface area contributed by atoms with Gasteiger partial charge in [-0.25, -0.2) is 9.69 Å². The first-order chi connectivity index (χ1) is 11.1. The van der Waals surface area contributed by atoms with Crippen molar-refractivity contribution in [1.29, 1.82) is 0 Å². The average molecular weight is 331 g/mol. The monoisotopic (exact) mass is 331 g/mol. The number of Topliss-reactive ketones (excluding diaryl/α,β-unsaturated/α-hetero) is 1. The Hall–Kier alpha value is -2.17. The van der Waals surface area contributed by atoms with Gasteiger partial charge in [-0.1, -0.05) is 25.1 Å². The highest BCUT2D eigenvalue weighted by Gasteiger charge is 2.50. The molecule has 0 saturated heterocycles. The minimum Gasteiger partial charge on any atom is -0.443 e. The van der Waals surface area contributed by atoms with Crippen LogP contribution in [0.5, 0.6) is 0 Å². The molecule has 1 atom stereocenters. The zero-order valence-electron chi connectivity index (χ0n) is 15.0. The van der Waals surface area contributed by atoms with Crippen LogP contribution in [0.15, 0.2) is 24.3 Å². The summed E-state index contributed by atoms with van der Waals surface area (Å²) in [6.07, 6.45) is 0.469. The highest BCUT2D eigenvalue weighted by atomic mass is 16.6. The molecular weight excluding hydrogens is 306 g/mol. The van der Waals surface area contributed by atoms with Gasteiger partial charge in [-0.3, -0.25) is 9.59 Å². The highest BCUT2D eigenvalue weighted by molar-refractivity contribution is 6.21. The van der Waals surface area contributed by atoms with E-state index in [1.54, 1.807) is 39.8 Å². The second-order valence-corrected chi connectivity index (χ2v) is 7.36. The minimum absolute atomic E-state index is 0.109. The van der Waals surface area contributed by atoms with Gasteiger partial charge in [0.05, 0.1) is 11.1 Å². The van der Waals surface area contributed by atoms with E-state index in [4.69, 9.17) is 4.74 Å². The van der Waals surface area contributed by atoms with Crippen LogP contribution < -0.4 is 4.90 Å². The number of ketones is 1. The van der Waals surface area contributed by atoms with Crippen molar-refractivity contribution in [3.63, 3.8) is 0 Å². The molecule has 1 unspecified atom stereocenters. The van der Waals surface area contributed by atoms with Crippen LogP contribution in [0.1, 0.15) is 59.4 Å². The molecule has 2 rings (SSSR count). The number of hydrogen-bond donors (Lipinski definition) is 0. The maximum atomic E-state index is 13.0. The molecule has 2 amide bonds. The van der Waals surface area contributed by atoms with Crippen molar-refractivity contribution in [3.8, 4) is 0 Å². The molecule has 5 nitrogen and oxygen atoms in total. The normalized spacial score (nSPS) is 20.0. The van der Waals surface area contributed by atoms with Gasteiger partial charge >= 0.3 is 6.09 Å². The van der Waals surface area contributed by atoms with Gasteiger partial charge in [0.2, 0.25) is 5.91 Å². The number of nitrogens with zero attached hydrogens (tertiary/aromatic N) is 1. The fourth-order valence-electron chi connectivity index (χ4n) is 2.90. The molecule has 0 aromatic heterocycles. The summed E-state index contributed by atoms with van der Waals surface area (Å²) in [6, 6.07) is 7.20. The third-order valence-corrected chi connectivity index (χ3v) is 4.29. The van der Waals surface area contributed by atoms with Crippen LogP contribution in [0.25, 0.3) is 0 Å². The molecule has 24 heavy (non-hydrogen) atoms. The third-order valence-electron chi connectivity index (χ3n) is 4.29. The molecule has 0 aliphatic carbocycles. The Balaban J connectivity index is 2.38. The molecule has 0 spiro atoms. The Labute approximate surface area is 143 Å². The van der Waals surface area contributed by atoms with E-state index in [-0.39, 0.29) is 11.7 Å². The molecule has 1 aliphatic heterocycles. The Bertz CT molecular complexity index is 674. The predicted molar refractivity (Wildman–Crippen MR) is 92.0 cm³/mol. The summed E-state index contributed by atoms with van der Waals surface area (Å²) >= 11 is 0. The number of hydrogen-bond acceptors (Lipinski definition) is 4. The number of imide groups is 1. The Morgan fingerprint density at radius 2 is 1.83 bits per heavy atom. The van der Waals surface area contributed by atoms with E-state index in [1.165, 1.54) is 0 Å². The van der Waals surface area contributed by atoms with E-state index in [0.717, 1.165) is 10.5 Å². The van der Waals surface area contributed by atoms with Gasteiger partial charge in [0.25, 0.3) is 0 Å². The highest BCUT2D eigenvalue weighted by Crippen LogP contribution is 2.45. The van der Waals surface area contributed by atoms with Crippen molar-refractivity contribution in [1.82, 2.24) is 0 Å². The zero-order valence-corrected chi connectivity index (χ0v) is 15.0. The number of benzene rings is 1. The van der Waals surface area contributed by atoms with Crippen molar-refractivity contribution in [2.75, 3.05) is 4.90 Å². The fraction of sp³-hybridized carbons (Fsp3) is 0.526. The molecule has 1 heterocycles. The second-order valence-electron chi connectivity index (χ2n) is 7.36. The Morgan fingerprint density at radius 1 is 1.21 bits per heavy atom. The van der Waals surface area contributed by atoms with Gasteiger partial charge in [0.1, 0.15) is 11.4 Å². The van der Waals surface area contributed by atoms with Crippen LogP contribution in [0.3, 0.4) is 0 Å². The van der Waals surface area contributed by atoms with E-state index < -0.39 is 17.1 Å². The molecule has 0 fully saturated rings. The summed E-state index contributed by atoms with van der Waals surface area (Å²) in [5.41, 5.74) is -0.269. The summed E-state index contributed by atoms with van der Waals surface area (Å²) in [6.45, 7) is 8.88. The fourth-order valence-corrected chi connectivity index (χ4v) is 2.90. The van der Waals surface area contributed by atoms with Crippen LogP contribution in [-0.2, 0) is 19.7 Å². The van der Waals surface area contributed by atoms with E-state index in [0.29, 0.717) is 24.9 Å². The standard InChI is InChI=1S/C19H25NO4/c1-6-13(21)11-12-19(5)14-9-7-8-10-15(14)20(16(19)22)17(23)24-18(2,3)4/h7-10H,6,11-12H2,1-5H3. The van der Waals surface area contributed by atoms with Gasteiger partial charge in [0.15, 0.2) is 0 Å². The predicted octanol–water partition coefficient (Wildman–Crippen LogP) is 3.99. The number of carbonyl (C=O) groups is 3. The van der Waals surface area contributed by atoms with Gasteiger partial charge in [0, 0.05) is 12.8 Å². The summed E-state index contributed by atoms with van der Waals surface area (Å²) in [7, 11) is 0. The van der Waals surface area contributed by atoms with Crippen molar-refractivity contribution < 1.29 is 19.1 Å². The van der Waals surface area contributed by atoms with Crippen LogP contribution in [0.4, 0.5) is 10.5 Å². The molecule has 0 radical (unpaired) electrons. The second kappa shape index (κ2) is 6.38. The third kappa shape index (κ3) is 3.35. The minimum atomic E-state index is -0.891. The number of ether oxygens (including phenoxy) is 1. The first kappa shape index (κ1) is 18.2. The maximum absolute atomic E-state index is 13.0. The smallest absolute Gasteiger partial charge is 0.421 e. The van der Waals surface area contributed by atoms with Crippen molar-refractivity contribution in [2.45, 2.75) is 64.9 Å². The lowest BCUT2D eigenvalue weighted by Crippen LogP contribution is -2.44. The topological polar surface area (TPSA) is 63.7 Å². The van der Waals surface area contributed by atoms with Gasteiger partial charge in [-0.15, -0.1) is 0 Å². The SMILES string of the molecule is CCC(=O)CCC1(C)C(=O)N(C(=O)OC(C)(C)C)c2ccccc21. The van der Waals surface area contributed by atoms with Gasteiger partial charge in [-0.2, -0.15) is 0 Å². The summed E-state index contributed by atoms with van der Waals surface area (Å²) in [5, 5.41) is 0. The largest absolute Gasteiger partial charge is 0.443 e. The lowest BCUT2D eigenvalue weighted by Gasteiger charge is -2.26. The number of carbonyl (C=O) groups excluding carboxylic acids is 3. The summed E-state index contributed by atoms with van der Waals surface area (Å²) in [5.74, 6) is -0.223. The molecule has 1 aliphatic rings. The maximum Gasteiger partial charge on any atom is 0.421 e. The molecule has 5 heteroatoms. The number of amides is 2. The molecule has 130 valence electrons. The summed E-state index contributed by atoms with van der Waals surface area (Å²) < 4.78 is 5.39. The zero-order chi connectivity index (χ0) is 18.1. The van der Waals surface area contributed by atoms with Crippen molar-refractivity contribution in [3.05, 3.63) is 29.8 Å². The van der Waals surface area contributed by atoms with Crippen LogP contribution in [-0.4, -0.2) is 23.4 Å². The van der Waals surface area contributed by atoms with E-state index in [9.17, 15) is 14.4 Å². The Morgan fingerprint density at radius 3 is 2.42 bits per heavy atom. The lowest BCUT2D eigenvalue weighted by molar-refractivity contribution is -0.123. The van der Waals surface area contributed by atoms with Crippen LogP contribution in [0, 0.1) is 0 Å². The molecular formula is C19H25NO4. The lowest BCUT2D eigenvalue weighted by atomic mass is 9.79. The molecule has 0 bridgehead atoms. The first-order valence-corrected chi connectivity index (χ1v) is 8.29. The molecule has 1 aromatic rings. The number of para-hydroxylation sites is 1. The molecule has 1 aromatic carbocycles. The van der Waals surface area contributed by atoms with Gasteiger partial charge < -0.3 is 4.74 Å². The number of rotatable bonds is 4. The van der Waals surface area contributed by atoms with E-state index >= 15 is 0 Å².